The first kappa shape index (κ1) is 16.0. The van der Waals surface area contributed by atoms with Gasteiger partial charge in [-0.15, -0.1) is 0 Å². The Bertz CT molecular complexity index is 955. The first-order valence-electron chi connectivity index (χ1n) is 7.95. The second-order valence-corrected chi connectivity index (χ2v) is 5.84. The summed E-state index contributed by atoms with van der Waals surface area (Å²) in [6.45, 7) is 6.61. The lowest BCUT2D eigenvalue weighted by Crippen LogP contribution is -2.28. The maximum Gasteiger partial charge on any atom is 0.251 e. The minimum Gasteiger partial charge on any atom is -0.342 e. The van der Waals surface area contributed by atoms with Crippen LogP contribution in [0.15, 0.2) is 41.5 Å². The zero-order chi connectivity index (χ0) is 17.3. The van der Waals surface area contributed by atoms with Crippen LogP contribution in [0, 0.1) is 6.92 Å². The number of carbonyl (C=O) groups excluding carboxylic acids is 1. The number of aromatic nitrogens is 3. The summed E-state index contributed by atoms with van der Waals surface area (Å²) < 4.78 is 1.99. The predicted molar refractivity (Wildman–Crippen MR) is 93.1 cm³/mol. The fourth-order valence-electron chi connectivity index (χ4n) is 2.89. The van der Waals surface area contributed by atoms with Crippen molar-refractivity contribution in [1.82, 2.24) is 19.9 Å². The van der Waals surface area contributed by atoms with Crippen LogP contribution in [0.3, 0.4) is 0 Å². The molecule has 0 bridgehead atoms. The SMILES string of the molecule is CCn1ccnc1C(C)NC(=O)c1ccc2c(C)cc(=O)[nH]c2c1. The van der Waals surface area contributed by atoms with Crippen molar-refractivity contribution in [3.8, 4) is 0 Å². The lowest BCUT2D eigenvalue weighted by molar-refractivity contribution is 0.0937. The number of nitrogens with one attached hydrogen (secondary N) is 2. The molecule has 1 atom stereocenters. The summed E-state index contributed by atoms with van der Waals surface area (Å²) >= 11 is 0. The zero-order valence-corrected chi connectivity index (χ0v) is 14.0. The van der Waals surface area contributed by atoms with E-state index >= 15 is 0 Å². The number of imidazole rings is 1. The van der Waals surface area contributed by atoms with Gasteiger partial charge in [-0.1, -0.05) is 6.07 Å². The molecular weight excluding hydrogens is 304 g/mol. The van der Waals surface area contributed by atoms with E-state index in [4.69, 9.17) is 0 Å². The highest BCUT2D eigenvalue weighted by Gasteiger charge is 2.16. The molecule has 0 spiro atoms. The van der Waals surface area contributed by atoms with Crippen LogP contribution >= 0.6 is 0 Å². The highest BCUT2D eigenvalue weighted by Crippen LogP contribution is 2.17. The molecule has 0 aliphatic heterocycles. The molecule has 0 aliphatic rings. The lowest BCUT2D eigenvalue weighted by atomic mass is 10.1. The van der Waals surface area contributed by atoms with Crippen molar-refractivity contribution in [3.63, 3.8) is 0 Å². The van der Waals surface area contributed by atoms with Crippen molar-refractivity contribution in [2.45, 2.75) is 33.4 Å². The number of aromatic amines is 1. The van der Waals surface area contributed by atoms with Gasteiger partial charge in [0.05, 0.1) is 6.04 Å². The van der Waals surface area contributed by atoms with E-state index in [1.807, 2.05) is 37.6 Å². The number of H-pyrrole nitrogens is 1. The third-order valence-corrected chi connectivity index (χ3v) is 4.14. The number of rotatable bonds is 4. The summed E-state index contributed by atoms with van der Waals surface area (Å²) in [5.41, 5.74) is 1.88. The Labute approximate surface area is 139 Å². The van der Waals surface area contributed by atoms with E-state index < -0.39 is 0 Å². The van der Waals surface area contributed by atoms with Crippen molar-refractivity contribution in [1.29, 1.82) is 0 Å². The van der Waals surface area contributed by atoms with E-state index in [1.165, 1.54) is 0 Å². The van der Waals surface area contributed by atoms with Gasteiger partial charge in [0.2, 0.25) is 5.56 Å². The maximum atomic E-state index is 12.5. The summed E-state index contributed by atoms with van der Waals surface area (Å²) in [4.78, 5) is 31.2. The molecule has 0 aliphatic carbocycles. The molecule has 3 aromatic rings. The van der Waals surface area contributed by atoms with E-state index in [0.717, 1.165) is 23.3 Å². The second kappa shape index (κ2) is 6.31. The van der Waals surface area contributed by atoms with Gasteiger partial charge < -0.3 is 14.9 Å². The topological polar surface area (TPSA) is 79.8 Å². The number of carbonyl (C=O) groups is 1. The third kappa shape index (κ3) is 2.95. The standard InChI is InChI=1S/C18H20N4O2/c1-4-22-8-7-19-17(22)12(3)20-18(24)13-5-6-14-11(2)9-16(23)21-15(14)10-13/h5-10,12H,4H2,1-3H3,(H,20,24)(H,21,23). The summed E-state index contributed by atoms with van der Waals surface area (Å²) in [6, 6.07) is 6.67. The molecule has 0 radical (unpaired) electrons. The number of pyridine rings is 1. The number of fused-ring (bicyclic) bond motifs is 1. The normalized spacial score (nSPS) is 12.3. The number of benzene rings is 1. The van der Waals surface area contributed by atoms with Crippen molar-refractivity contribution >= 4 is 16.8 Å². The summed E-state index contributed by atoms with van der Waals surface area (Å²) in [6.07, 6.45) is 3.62. The largest absolute Gasteiger partial charge is 0.342 e. The van der Waals surface area contributed by atoms with Gasteiger partial charge in [-0.2, -0.15) is 0 Å². The van der Waals surface area contributed by atoms with Crippen LogP contribution in [-0.2, 0) is 6.54 Å². The Morgan fingerprint density at radius 1 is 1.38 bits per heavy atom. The molecular formula is C18H20N4O2. The van der Waals surface area contributed by atoms with Crippen molar-refractivity contribution < 1.29 is 4.79 Å². The summed E-state index contributed by atoms with van der Waals surface area (Å²) in [7, 11) is 0. The molecule has 1 aromatic carbocycles. The van der Waals surface area contributed by atoms with E-state index in [2.05, 4.69) is 15.3 Å². The first-order valence-corrected chi connectivity index (χ1v) is 7.95. The first-order chi connectivity index (χ1) is 11.5. The van der Waals surface area contributed by atoms with E-state index in [1.54, 1.807) is 24.4 Å². The molecule has 0 saturated carbocycles. The average molecular weight is 324 g/mol. The zero-order valence-electron chi connectivity index (χ0n) is 14.0. The van der Waals surface area contributed by atoms with Gasteiger partial charge in [0.1, 0.15) is 5.82 Å². The Morgan fingerprint density at radius 2 is 2.17 bits per heavy atom. The van der Waals surface area contributed by atoms with Crippen molar-refractivity contribution in [2.75, 3.05) is 0 Å². The van der Waals surface area contributed by atoms with Crippen molar-refractivity contribution in [2.24, 2.45) is 0 Å². The van der Waals surface area contributed by atoms with Gasteiger partial charge in [-0.05, 0) is 38.5 Å². The highest BCUT2D eigenvalue weighted by atomic mass is 16.1. The van der Waals surface area contributed by atoms with Crippen LogP contribution in [0.25, 0.3) is 10.9 Å². The monoisotopic (exact) mass is 324 g/mol. The molecule has 124 valence electrons. The summed E-state index contributed by atoms with van der Waals surface area (Å²) in [5.74, 6) is 0.619. The predicted octanol–water partition coefficient (Wildman–Crippen LogP) is 2.54. The fourth-order valence-corrected chi connectivity index (χ4v) is 2.89. The van der Waals surface area contributed by atoms with Crippen LogP contribution < -0.4 is 10.9 Å². The molecule has 0 fully saturated rings. The van der Waals surface area contributed by atoms with Crippen LogP contribution in [0.5, 0.6) is 0 Å². The van der Waals surface area contributed by atoms with Gasteiger partial charge in [0.15, 0.2) is 0 Å². The molecule has 2 aromatic heterocycles. The Morgan fingerprint density at radius 3 is 2.92 bits per heavy atom. The van der Waals surface area contributed by atoms with E-state index in [9.17, 15) is 9.59 Å². The van der Waals surface area contributed by atoms with Crippen LogP contribution in [0.1, 0.15) is 41.6 Å². The maximum absolute atomic E-state index is 12.5. The molecule has 0 saturated heterocycles. The van der Waals surface area contributed by atoms with E-state index in [-0.39, 0.29) is 17.5 Å². The average Bonchev–Trinajstić information content (AvgIpc) is 3.02. The Kier molecular flexibility index (Phi) is 4.20. The lowest BCUT2D eigenvalue weighted by Gasteiger charge is -2.15. The second-order valence-electron chi connectivity index (χ2n) is 5.84. The smallest absolute Gasteiger partial charge is 0.251 e. The number of hydrogen-bond acceptors (Lipinski definition) is 3. The molecule has 2 N–H and O–H groups in total. The van der Waals surface area contributed by atoms with Crippen LogP contribution in [0.2, 0.25) is 0 Å². The van der Waals surface area contributed by atoms with Crippen molar-refractivity contribution in [3.05, 3.63) is 64.0 Å². The van der Waals surface area contributed by atoms with Gasteiger partial charge in [0.25, 0.3) is 5.91 Å². The molecule has 6 nitrogen and oxygen atoms in total. The minimum absolute atomic E-state index is 0.170. The molecule has 3 rings (SSSR count). The van der Waals surface area contributed by atoms with Gasteiger partial charge in [0, 0.05) is 41.5 Å². The van der Waals surface area contributed by atoms with Crippen LogP contribution in [-0.4, -0.2) is 20.4 Å². The third-order valence-electron chi connectivity index (χ3n) is 4.14. The fraction of sp³-hybridized carbons (Fsp3) is 0.278. The highest BCUT2D eigenvalue weighted by molar-refractivity contribution is 5.98. The number of nitrogens with zero attached hydrogens (tertiary/aromatic N) is 2. The molecule has 1 amide bonds. The van der Waals surface area contributed by atoms with Gasteiger partial charge in [-0.3, -0.25) is 9.59 Å². The number of hydrogen-bond donors (Lipinski definition) is 2. The molecule has 24 heavy (non-hydrogen) atoms. The Hall–Kier alpha value is -2.89. The van der Waals surface area contributed by atoms with Crippen LogP contribution in [0.4, 0.5) is 0 Å². The minimum atomic E-state index is -0.209. The van der Waals surface area contributed by atoms with Gasteiger partial charge in [-0.25, -0.2) is 4.98 Å². The molecule has 1 unspecified atom stereocenters. The quantitative estimate of drug-likeness (QED) is 0.774. The molecule has 6 heteroatoms. The van der Waals surface area contributed by atoms with E-state index in [0.29, 0.717) is 11.1 Å². The number of aryl methyl sites for hydroxylation is 2. The number of amides is 1. The molecule has 2 heterocycles. The van der Waals surface area contributed by atoms with Gasteiger partial charge >= 0.3 is 0 Å². The summed E-state index contributed by atoms with van der Waals surface area (Å²) in [5, 5.41) is 3.88. The Balaban J connectivity index is 1.87.